The van der Waals surface area contributed by atoms with E-state index in [2.05, 4.69) is 20.3 Å². The second kappa shape index (κ2) is 6.59. The Kier molecular flexibility index (Phi) is 4.81. The Morgan fingerprint density at radius 1 is 1.19 bits per heavy atom. The molecule has 2 rings (SSSR count). The van der Waals surface area contributed by atoms with Crippen molar-refractivity contribution in [1.29, 1.82) is 0 Å². The van der Waals surface area contributed by atoms with Gasteiger partial charge in [0.2, 0.25) is 17.8 Å². The molecule has 110 valence electrons. The maximum Gasteiger partial charge on any atom is 0.237 e. The smallest absolute Gasteiger partial charge is 0.237 e. The SMILES string of the molecule is C[C@H](Sc1nc(N)nc(N)n1)C(=O)Nc1ccc(Cl)cc1. The molecule has 0 bridgehead atoms. The van der Waals surface area contributed by atoms with Gasteiger partial charge in [0.15, 0.2) is 5.16 Å². The fourth-order valence-electron chi connectivity index (χ4n) is 1.43. The topological polar surface area (TPSA) is 120 Å². The third-order valence-electron chi connectivity index (χ3n) is 2.41. The van der Waals surface area contributed by atoms with Crippen LogP contribution >= 0.6 is 23.4 Å². The van der Waals surface area contributed by atoms with Crippen molar-refractivity contribution in [2.24, 2.45) is 0 Å². The number of anilines is 3. The zero-order valence-electron chi connectivity index (χ0n) is 11.1. The molecule has 0 aliphatic rings. The fourth-order valence-corrected chi connectivity index (χ4v) is 2.33. The average Bonchev–Trinajstić information content (AvgIpc) is 2.40. The molecule has 1 aromatic heterocycles. The van der Waals surface area contributed by atoms with Crippen molar-refractivity contribution in [2.75, 3.05) is 16.8 Å². The van der Waals surface area contributed by atoms with Crippen molar-refractivity contribution in [1.82, 2.24) is 15.0 Å². The third kappa shape index (κ3) is 4.47. The number of benzene rings is 1. The molecule has 1 atom stereocenters. The summed E-state index contributed by atoms with van der Waals surface area (Å²) in [5.41, 5.74) is 11.6. The second-order valence-corrected chi connectivity index (χ2v) is 5.83. The van der Waals surface area contributed by atoms with Gasteiger partial charge in [0.1, 0.15) is 0 Å². The number of nitrogens with zero attached hydrogens (tertiary/aromatic N) is 3. The Balaban J connectivity index is 2.00. The Labute approximate surface area is 130 Å². The van der Waals surface area contributed by atoms with Gasteiger partial charge in [-0.2, -0.15) is 15.0 Å². The van der Waals surface area contributed by atoms with Gasteiger partial charge >= 0.3 is 0 Å². The molecular weight excluding hydrogens is 312 g/mol. The zero-order valence-corrected chi connectivity index (χ0v) is 12.6. The molecule has 0 unspecified atom stereocenters. The molecule has 0 aliphatic carbocycles. The first-order chi connectivity index (χ1) is 9.94. The van der Waals surface area contributed by atoms with Gasteiger partial charge in [0.05, 0.1) is 5.25 Å². The van der Waals surface area contributed by atoms with Gasteiger partial charge < -0.3 is 16.8 Å². The number of halogens is 1. The standard InChI is InChI=1S/C12H13ClN6OS/c1-6(21-12-18-10(14)17-11(15)19-12)9(20)16-8-4-2-7(13)3-5-8/h2-6H,1H3,(H,16,20)(H4,14,15,17,18,19)/t6-/m0/s1. The number of hydrogen-bond acceptors (Lipinski definition) is 7. The van der Waals surface area contributed by atoms with Gasteiger partial charge in [-0.05, 0) is 31.2 Å². The van der Waals surface area contributed by atoms with Gasteiger partial charge in [0.25, 0.3) is 0 Å². The van der Waals surface area contributed by atoms with E-state index < -0.39 is 5.25 Å². The summed E-state index contributed by atoms with van der Waals surface area (Å²) >= 11 is 6.93. The van der Waals surface area contributed by atoms with E-state index in [4.69, 9.17) is 23.1 Å². The predicted molar refractivity (Wildman–Crippen MR) is 84.1 cm³/mol. The largest absolute Gasteiger partial charge is 0.368 e. The van der Waals surface area contributed by atoms with Crippen LogP contribution in [0.3, 0.4) is 0 Å². The van der Waals surface area contributed by atoms with Crippen LogP contribution in [0, 0.1) is 0 Å². The van der Waals surface area contributed by atoms with E-state index in [0.29, 0.717) is 15.9 Å². The number of amides is 1. The summed E-state index contributed by atoms with van der Waals surface area (Å²) in [4.78, 5) is 23.6. The van der Waals surface area contributed by atoms with E-state index in [0.717, 1.165) is 11.8 Å². The van der Waals surface area contributed by atoms with Crippen molar-refractivity contribution < 1.29 is 4.79 Å². The Bertz CT molecular complexity index is 630. The summed E-state index contributed by atoms with van der Waals surface area (Å²) in [6, 6.07) is 6.83. The normalized spacial score (nSPS) is 11.9. The minimum absolute atomic E-state index is 0.0234. The molecule has 1 heterocycles. The average molecular weight is 325 g/mol. The van der Waals surface area contributed by atoms with Gasteiger partial charge in [-0.25, -0.2) is 0 Å². The number of aromatic nitrogens is 3. The molecule has 0 radical (unpaired) electrons. The van der Waals surface area contributed by atoms with Gasteiger partial charge in [0, 0.05) is 10.7 Å². The van der Waals surface area contributed by atoms with Crippen LogP contribution in [0.15, 0.2) is 29.4 Å². The van der Waals surface area contributed by atoms with Gasteiger partial charge in [-0.1, -0.05) is 23.4 Å². The lowest BCUT2D eigenvalue weighted by Gasteiger charge is -2.11. The lowest BCUT2D eigenvalue weighted by molar-refractivity contribution is -0.115. The highest BCUT2D eigenvalue weighted by Gasteiger charge is 2.17. The molecule has 5 N–H and O–H groups in total. The number of hydrogen-bond donors (Lipinski definition) is 3. The molecule has 0 saturated heterocycles. The Hall–Kier alpha value is -2.06. The maximum absolute atomic E-state index is 12.1. The summed E-state index contributed by atoms with van der Waals surface area (Å²) in [7, 11) is 0. The molecule has 2 aromatic rings. The fraction of sp³-hybridized carbons (Fsp3) is 0.167. The zero-order chi connectivity index (χ0) is 15.4. The number of rotatable bonds is 4. The molecule has 0 aliphatic heterocycles. The van der Waals surface area contributed by atoms with Gasteiger partial charge in [-0.15, -0.1) is 0 Å². The lowest BCUT2D eigenvalue weighted by Crippen LogP contribution is -2.22. The summed E-state index contributed by atoms with van der Waals surface area (Å²) < 4.78 is 0. The first kappa shape index (κ1) is 15.3. The molecule has 0 saturated carbocycles. The lowest BCUT2D eigenvalue weighted by atomic mass is 10.3. The Morgan fingerprint density at radius 2 is 1.76 bits per heavy atom. The number of carbonyl (C=O) groups excluding carboxylic acids is 1. The molecule has 1 amide bonds. The highest BCUT2D eigenvalue weighted by atomic mass is 35.5. The van der Waals surface area contributed by atoms with Crippen molar-refractivity contribution in [3.63, 3.8) is 0 Å². The van der Waals surface area contributed by atoms with Crippen LogP contribution in [0.4, 0.5) is 17.6 Å². The van der Waals surface area contributed by atoms with Crippen LogP contribution in [0.1, 0.15) is 6.92 Å². The number of nitrogen functional groups attached to an aromatic ring is 2. The third-order valence-corrected chi connectivity index (χ3v) is 3.63. The van der Waals surface area contributed by atoms with Crippen molar-refractivity contribution in [3.8, 4) is 0 Å². The quantitative estimate of drug-likeness (QED) is 0.733. The summed E-state index contributed by atoms with van der Waals surface area (Å²) in [6.45, 7) is 1.73. The van der Waals surface area contributed by atoms with Crippen molar-refractivity contribution in [2.45, 2.75) is 17.3 Å². The van der Waals surface area contributed by atoms with E-state index >= 15 is 0 Å². The van der Waals surface area contributed by atoms with Crippen LogP contribution in [0.25, 0.3) is 0 Å². The monoisotopic (exact) mass is 324 g/mol. The van der Waals surface area contributed by atoms with Gasteiger partial charge in [-0.3, -0.25) is 4.79 Å². The summed E-state index contributed by atoms with van der Waals surface area (Å²) in [5.74, 6) is -0.148. The molecule has 0 fully saturated rings. The van der Waals surface area contributed by atoms with Crippen LogP contribution < -0.4 is 16.8 Å². The summed E-state index contributed by atoms with van der Waals surface area (Å²) in [5, 5.41) is 3.25. The van der Waals surface area contributed by atoms with E-state index in [1.54, 1.807) is 31.2 Å². The van der Waals surface area contributed by atoms with E-state index in [9.17, 15) is 4.79 Å². The molecule has 7 nitrogen and oxygen atoms in total. The summed E-state index contributed by atoms with van der Waals surface area (Å²) in [6.07, 6.45) is 0. The minimum Gasteiger partial charge on any atom is -0.368 e. The Morgan fingerprint density at radius 3 is 2.33 bits per heavy atom. The molecule has 0 spiro atoms. The van der Waals surface area contributed by atoms with Crippen LogP contribution in [-0.4, -0.2) is 26.1 Å². The number of nitrogens with two attached hydrogens (primary N) is 2. The van der Waals surface area contributed by atoms with E-state index in [1.165, 1.54) is 0 Å². The molecule has 1 aromatic carbocycles. The maximum atomic E-state index is 12.1. The van der Waals surface area contributed by atoms with Crippen LogP contribution in [-0.2, 0) is 4.79 Å². The first-order valence-electron chi connectivity index (χ1n) is 5.94. The highest BCUT2D eigenvalue weighted by Crippen LogP contribution is 2.22. The van der Waals surface area contributed by atoms with Crippen LogP contribution in [0.2, 0.25) is 5.02 Å². The van der Waals surface area contributed by atoms with Crippen molar-refractivity contribution in [3.05, 3.63) is 29.3 Å². The molecule has 21 heavy (non-hydrogen) atoms. The number of carbonyl (C=O) groups is 1. The number of thioether (sulfide) groups is 1. The van der Waals surface area contributed by atoms with E-state index in [-0.39, 0.29) is 17.8 Å². The van der Waals surface area contributed by atoms with Crippen LogP contribution in [0.5, 0.6) is 0 Å². The van der Waals surface area contributed by atoms with Crippen molar-refractivity contribution >= 4 is 46.9 Å². The minimum atomic E-state index is -0.429. The number of nitrogens with one attached hydrogen (secondary N) is 1. The molecular formula is C12H13ClN6OS. The first-order valence-corrected chi connectivity index (χ1v) is 7.20. The second-order valence-electron chi connectivity index (χ2n) is 4.09. The molecule has 9 heteroatoms. The van der Waals surface area contributed by atoms with E-state index in [1.807, 2.05) is 0 Å². The predicted octanol–water partition coefficient (Wildman–Crippen LogP) is 1.81. The highest BCUT2D eigenvalue weighted by molar-refractivity contribution is 8.00.